The van der Waals surface area contributed by atoms with Crippen LogP contribution in [0.2, 0.25) is 0 Å². The number of hydrogen-bond acceptors (Lipinski definition) is 3. The van der Waals surface area contributed by atoms with Crippen LogP contribution in [0.15, 0.2) is 48.5 Å². The molecule has 0 unspecified atom stereocenters. The molecule has 0 spiro atoms. The van der Waals surface area contributed by atoms with Crippen LogP contribution in [-0.2, 0) is 0 Å². The number of benzene rings is 2. The van der Waals surface area contributed by atoms with Crippen molar-refractivity contribution in [2.75, 3.05) is 33.8 Å². The molecule has 2 aromatic rings. The number of rotatable bonds is 3. The number of ether oxygens (including phenoxy) is 1. The molecular formula is C21H24ClFN2O2. The van der Waals surface area contributed by atoms with Crippen LogP contribution < -0.4 is 4.74 Å². The quantitative estimate of drug-likeness (QED) is 0.802. The van der Waals surface area contributed by atoms with Crippen molar-refractivity contribution in [1.29, 1.82) is 0 Å². The van der Waals surface area contributed by atoms with Gasteiger partial charge in [0, 0.05) is 37.2 Å². The molecule has 0 aromatic heterocycles. The van der Waals surface area contributed by atoms with Crippen molar-refractivity contribution in [2.24, 2.45) is 11.8 Å². The molecule has 0 bridgehead atoms. The van der Waals surface area contributed by atoms with Gasteiger partial charge in [-0.05, 0) is 54.9 Å². The highest BCUT2D eigenvalue weighted by Crippen LogP contribution is 2.44. The maximum atomic E-state index is 13.1. The number of amides is 1. The highest BCUT2D eigenvalue weighted by atomic mass is 35.5. The van der Waals surface area contributed by atoms with E-state index < -0.39 is 0 Å². The average Bonchev–Trinajstić information content (AvgIpc) is 3.18. The maximum absolute atomic E-state index is 13.1. The van der Waals surface area contributed by atoms with Gasteiger partial charge >= 0.3 is 0 Å². The lowest BCUT2D eigenvalue weighted by atomic mass is 9.89. The number of methoxy groups -OCH3 is 1. The topological polar surface area (TPSA) is 32.8 Å². The molecule has 2 fully saturated rings. The third-order valence-corrected chi connectivity index (χ3v) is 5.73. The molecule has 144 valence electrons. The van der Waals surface area contributed by atoms with E-state index in [1.54, 1.807) is 19.2 Å². The second-order valence-electron chi connectivity index (χ2n) is 7.30. The highest BCUT2D eigenvalue weighted by Gasteiger charge is 2.47. The maximum Gasteiger partial charge on any atom is 0.253 e. The Balaban J connectivity index is 0.00000210. The van der Waals surface area contributed by atoms with E-state index >= 15 is 0 Å². The molecule has 3 atom stereocenters. The van der Waals surface area contributed by atoms with Gasteiger partial charge in [0.2, 0.25) is 0 Å². The Morgan fingerprint density at radius 3 is 2.33 bits per heavy atom. The van der Waals surface area contributed by atoms with E-state index in [2.05, 4.69) is 24.1 Å². The van der Waals surface area contributed by atoms with E-state index in [0.29, 0.717) is 23.4 Å². The molecule has 4 nitrogen and oxygen atoms in total. The molecule has 0 aliphatic carbocycles. The van der Waals surface area contributed by atoms with E-state index in [1.807, 2.05) is 17.0 Å². The van der Waals surface area contributed by atoms with Crippen LogP contribution in [0.4, 0.5) is 4.39 Å². The summed E-state index contributed by atoms with van der Waals surface area (Å²) >= 11 is 0. The van der Waals surface area contributed by atoms with Gasteiger partial charge in [0.25, 0.3) is 5.91 Å². The van der Waals surface area contributed by atoms with Crippen molar-refractivity contribution >= 4 is 18.3 Å². The zero-order chi connectivity index (χ0) is 18.3. The number of carbonyl (C=O) groups excluding carboxylic acids is 1. The third-order valence-electron chi connectivity index (χ3n) is 5.73. The number of halogens is 2. The minimum absolute atomic E-state index is 0. The standard InChI is InChI=1S/C21H23FN2O2.ClH/c1-23-11-16-12-24(21(25)15-3-7-17(22)8-4-15)13-19(16)20(23)14-5-9-18(26-2)10-6-14;/h3-10,16,19-20H,11-13H2,1-2H3;1H/t16-,19+,20+;/m0./s1. The van der Waals surface area contributed by atoms with Gasteiger partial charge in [-0.1, -0.05) is 12.1 Å². The lowest BCUT2D eigenvalue weighted by Crippen LogP contribution is -2.33. The Labute approximate surface area is 165 Å². The molecule has 0 saturated carbocycles. The van der Waals surface area contributed by atoms with Gasteiger partial charge in [-0.25, -0.2) is 4.39 Å². The summed E-state index contributed by atoms with van der Waals surface area (Å²) in [6, 6.07) is 14.4. The lowest BCUT2D eigenvalue weighted by Gasteiger charge is -2.27. The summed E-state index contributed by atoms with van der Waals surface area (Å²) in [6.07, 6.45) is 0. The van der Waals surface area contributed by atoms with Gasteiger partial charge in [-0.2, -0.15) is 0 Å². The minimum atomic E-state index is -0.318. The molecule has 2 aliphatic rings. The summed E-state index contributed by atoms with van der Waals surface area (Å²) < 4.78 is 18.4. The molecule has 2 saturated heterocycles. The number of hydrogen-bond donors (Lipinski definition) is 0. The first-order chi connectivity index (χ1) is 12.6. The monoisotopic (exact) mass is 390 g/mol. The van der Waals surface area contributed by atoms with E-state index in [-0.39, 0.29) is 24.1 Å². The zero-order valence-electron chi connectivity index (χ0n) is 15.5. The summed E-state index contributed by atoms with van der Waals surface area (Å²) in [5.74, 6) is 1.41. The van der Waals surface area contributed by atoms with E-state index in [4.69, 9.17) is 4.74 Å². The Hall–Kier alpha value is -2.11. The second kappa shape index (κ2) is 7.87. The number of likely N-dealkylation sites (tertiary alicyclic amines) is 2. The number of nitrogens with zero attached hydrogens (tertiary/aromatic N) is 2. The third kappa shape index (κ3) is 3.66. The Morgan fingerprint density at radius 1 is 1.04 bits per heavy atom. The van der Waals surface area contributed by atoms with Gasteiger partial charge in [0.1, 0.15) is 11.6 Å². The van der Waals surface area contributed by atoms with Gasteiger partial charge in [0.05, 0.1) is 7.11 Å². The normalized spacial score (nSPS) is 24.4. The van der Waals surface area contributed by atoms with Gasteiger partial charge in [-0.15, -0.1) is 12.4 Å². The molecule has 6 heteroatoms. The molecule has 2 aliphatic heterocycles. The average molecular weight is 391 g/mol. The van der Waals surface area contributed by atoms with E-state index in [1.165, 1.54) is 17.7 Å². The lowest BCUT2D eigenvalue weighted by molar-refractivity contribution is 0.0768. The van der Waals surface area contributed by atoms with Crippen LogP contribution in [0.5, 0.6) is 5.75 Å². The largest absolute Gasteiger partial charge is 0.497 e. The summed E-state index contributed by atoms with van der Waals surface area (Å²) in [5.41, 5.74) is 1.82. The van der Waals surface area contributed by atoms with Crippen molar-refractivity contribution in [3.8, 4) is 5.75 Å². The van der Waals surface area contributed by atoms with Crippen LogP contribution in [0.1, 0.15) is 22.0 Å². The van der Waals surface area contributed by atoms with Crippen molar-refractivity contribution in [1.82, 2.24) is 9.80 Å². The Bertz CT molecular complexity index is 797. The fourth-order valence-corrected chi connectivity index (χ4v) is 4.50. The smallest absolute Gasteiger partial charge is 0.253 e. The molecular weight excluding hydrogens is 367 g/mol. The van der Waals surface area contributed by atoms with E-state index in [0.717, 1.165) is 25.4 Å². The first-order valence-electron chi connectivity index (χ1n) is 8.96. The van der Waals surface area contributed by atoms with E-state index in [9.17, 15) is 9.18 Å². The van der Waals surface area contributed by atoms with Gasteiger partial charge in [-0.3, -0.25) is 9.69 Å². The predicted octanol–water partition coefficient (Wildman–Crippen LogP) is 3.63. The summed E-state index contributed by atoms with van der Waals surface area (Å²) in [7, 11) is 3.82. The first-order valence-corrected chi connectivity index (χ1v) is 8.96. The van der Waals surface area contributed by atoms with Crippen LogP contribution in [0, 0.1) is 17.7 Å². The summed E-state index contributed by atoms with van der Waals surface area (Å²) in [6.45, 7) is 2.48. The molecule has 2 heterocycles. The minimum Gasteiger partial charge on any atom is -0.497 e. The van der Waals surface area contributed by atoms with Crippen molar-refractivity contribution < 1.29 is 13.9 Å². The summed E-state index contributed by atoms with van der Waals surface area (Å²) in [5, 5.41) is 0. The molecule has 4 rings (SSSR count). The van der Waals surface area contributed by atoms with Gasteiger partial charge in [0.15, 0.2) is 0 Å². The number of fused-ring (bicyclic) bond motifs is 1. The molecule has 0 N–H and O–H groups in total. The predicted molar refractivity (Wildman–Crippen MR) is 105 cm³/mol. The van der Waals surface area contributed by atoms with Crippen LogP contribution in [-0.4, -0.2) is 49.5 Å². The Morgan fingerprint density at radius 2 is 1.70 bits per heavy atom. The van der Waals surface area contributed by atoms with Crippen molar-refractivity contribution in [3.05, 3.63) is 65.5 Å². The number of carbonyl (C=O) groups is 1. The SMILES string of the molecule is COc1ccc([C@@H]2[C@@H]3CN(C(=O)c4ccc(F)cc4)C[C@@H]3CN2C)cc1.Cl. The zero-order valence-corrected chi connectivity index (χ0v) is 16.3. The first kappa shape index (κ1) is 19.6. The molecule has 27 heavy (non-hydrogen) atoms. The van der Waals surface area contributed by atoms with Crippen molar-refractivity contribution in [3.63, 3.8) is 0 Å². The highest BCUT2D eigenvalue weighted by molar-refractivity contribution is 5.94. The van der Waals surface area contributed by atoms with Crippen LogP contribution in [0.25, 0.3) is 0 Å². The molecule has 2 aromatic carbocycles. The Kier molecular flexibility index (Phi) is 5.72. The van der Waals surface area contributed by atoms with Crippen LogP contribution in [0.3, 0.4) is 0 Å². The fourth-order valence-electron chi connectivity index (χ4n) is 4.50. The molecule has 1 amide bonds. The van der Waals surface area contributed by atoms with Gasteiger partial charge < -0.3 is 9.64 Å². The second-order valence-corrected chi connectivity index (χ2v) is 7.30. The van der Waals surface area contributed by atoms with Crippen LogP contribution >= 0.6 is 12.4 Å². The molecule has 0 radical (unpaired) electrons. The van der Waals surface area contributed by atoms with Crippen molar-refractivity contribution in [2.45, 2.75) is 6.04 Å². The fraction of sp³-hybridized carbons (Fsp3) is 0.381. The summed E-state index contributed by atoms with van der Waals surface area (Å²) in [4.78, 5) is 17.1.